The van der Waals surface area contributed by atoms with Crippen LogP contribution < -0.4 is 10.6 Å². The molecule has 0 radical (unpaired) electrons. The summed E-state index contributed by atoms with van der Waals surface area (Å²) in [4.78, 5) is 24.9. The van der Waals surface area contributed by atoms with Crippen LogP contribution >= 0.6 is 0 Å². The minimum Gasteiger partial charge on any atom is -0.480 e. The van der Waals surface area contributed by atoms with Gasteiger partial charge in [0.25, 0.3) is 0 Å². The van der Waals surface area contributed by atoms with Gasteiger partial charge in [-0.3, -0.25) is 0 Å². The van der Waals surface area contributed by atoms with Gasteiger partial charge in [0.2, 0.25) is 0 Å². The number of amides is 2. The molecule has 0 bridgehead atoms. The molecule has 1 saturated heterocycles. The molecule has 110 valence electrons. The highest BCUT2D eigenvalue weighted by Crippen LogP contribution is 2.13. The van der Waals surface area contributed by atoms with E-state index in [9.17, 15) is 9.59 Å². The first kappa shape index (κ1) is 15.8. The Labute approximate surface area is 114 Å². The zero-order chi connectivity index (χ0) is 14.3. The average Bonchev–Trinajstić information content (AvgIpc) is 2.37. The molecule has 2 amide bonds. The predicted molar refractivity (Wildman–Crippen MR) is 73.1 cm³/mol. The van der Waals surface area contributed by atoms with Crippen LogP contribution in [0.4, 0.5) is 4.79 Å². The molecular weight excluding hydrogens is 246 g/mol. The molecule has 1 fully saturated rings. The highest BCUT2D eigenvalue weighted by atomic mass is 16.4. The summed E-state index contributed by atoms with van der Waals surface area (Å²) in [5, 5.41) is 14.2. The maximum Gasteiger partial charge on any atom is 0.326 e. The van der Waals surface area contributed by atoms with Crippen molar-refractivity contribution in [3.8, 4) is 0 Å². The van der Waals surface area contributed by atoms with E-state index >= 15 is 0 Å². The number of likely N-dealkylation sites (N-methyl/N-ethyl adjacent to an activating group) is 1. The van der Waals surface area contributed by atoms with Gasteiger partial charge in [0.05, 0.1) is 0 Å². The molecule has 1 heterocycles. The summed E-state index contributed by atoms with van der Waals surface area (Å²) in [6.45, 7) is 3.52. The van der Waals surface area contributed by atoms with Gasteiger partial charge in [0.15, 0.2) is 0 Å². The number of carboxylic acids is 1. The zero-order valence-electron chi connectivity index (χ0n) is 11.8. The number of nitrogens with zero attached hydrogens (tertiary/aromatic N) is 1. The summed E-state index contributed by atoms with van der Waals surface area (Å²) >= 11 is 0. The van der Waals surface area contributed by atoms with Crippen molar-refractivity contribution < 1.29 is 14.7 Å². The van der Waals surface area contributed by atoms with E-state index in [0.29, 0.717) is 19.0 Å². The second kappa shape index (κ2) is 7.99. The summed E-state index contributed by atoms with van der Waals surface area (Å²) in [5.41, 5.74) is 0. The number of hydrogen-bond acceptors (Lipinski definition) is 3. The van der Waals surface area contributed by atoms with Crippen molar-refractivity contribution in [2.45, 2.75) is 51.1 Å². The molecule has 1 rings (SSSR count). The summed E-state index contributed by atoms with van der Waals surface area (Å²) in [6.07, 6.45) is 4.64. The van der Waals surface area contributed by atoms with E-state index in [4.69, 9.17) is 5.11 Å². The molecule has 2 atom stereocenters. The van der Waals surface area contributed by atoms with Crippen LogP contribution in [0, 0.1) is 0 Å². The topological polar surface area (TPSA) is 81.7 Å². The Morgan fingerprint density at radius 2 is 2.16 bits per heavy atom. The summed E-state index contributed by atoms with van der Waals surface area (Å²) in [7, 11) is 2.06. The van der Waals surface area contributed by atoms with Gasteiger partial charge in [-0.05, 0) is 32.9 Å². The Bertz CT molecular complexity index is 310. The molecule has 0 aromatic rings. The van der Waals surface area contributed by atoms with Crippen LogP contribution in [-0.4, -0.2) is 54.2 Å². The molecule has 1 unspecified atom stereocenters. The predicted octanol–water partition coefficient (Wildman–Crippen LogP) is 1.02. The second-order valence-corrected chi connectivity index (χ2v) is 5.16. The quantitative estimate of drug-likeness (QED) is 0.674. The van der Waals surface area contributed by atoms with Gasteiger partial charge in [-0.1, -0.05) is 19.8 Å². The molecule has 1 aliphatic rings. The highest BCUT2D eigenvalue weighted by molar-refractivity contribution is 5.82. The smallest absolute Gasteiger partial charge is 0.326 e. The molecule has 0 spiro atoms. The van der Waals surface area contributed by atoms with E-state index in [1.165, 1.54) is 12.8 Å². The second-order valence-electron chi connectivity index (χ2n) is 5.16. The average molecular weight is 271 g/mol. The maximum atomic E-state index is 11.7. The van der Waals surface area contributed by atoms with E-state index in [-0.39, 0.29) is 6.03 Å². The van der Waals surface area contributed by atoms with Crippen LogP contribution in [-0.2, 0) is 4.79 Å². The molecule has 6 heteroatoms. The summed E-state index contributed by atoms with van der Waals surface area (Å²) in [5.74, 6) is -0.980. The summed E-state index contributed by atoms with van der Waals surface area (Å²) < 4.78 is 0. The lowest BCUT2D eigenvalue weighted by Crippen LogP contribution is -2.50. The van der Waals surface area contributed by atoms with Crippen molar-refractivity contribution in [2.75, 3.05) is 20.1 Å². The SMILES string of the molecule is CCC[C@@H](NC(=O)NCC1CCCCN1C)C(=O)O. The van der Waals surface area contributed by atoms with Crippen molar-refractivity contribution in [3.63, 3.8) is 0 Å². The fourth-order valence-corrected chi connectivity index (χ4v) is 2.37. The van der Waals surface area contributed by atoms with Gasteiger partial charge in [-0.2, -0.15) is 0 Å². The van der Waals surface area contributed by atoms with E-state index in [1.54, 1.807) is 0 Å². The van der Waals surface area contributed by atoms with Crippen LogP contribution in [0.15, 0.2) is 0 Å². The Morgan fingerprint density at radius 1 is 1.42 bits per heavy atom. The van der Waals surface area contributed by atoms with Crippen molar-refractivity contribution >= 4 is 12.0 Å². The van der Waals surface area contributed by atoms with Gasteiger partial charge in [0, 0.05) is 12.6 Å². The first-order chi connectivity index (χ1) is 9.04. The molecule has 0 saturated carbocycles. The molecular formula is C13H25N3O3. The molecule has 0 aromatic carbocycles. The highest BCUT2D eigenvalue weighted by Gasteiger charge is 2.21. The standard InChI is InChI=1S/C13H25N3O3/c1-3-6-11(12(17)18)15-13(19)14-9-10-7-4-5-8-16(10)2/h10-11H,3-9H2,1-2H3,(H,17,18)(H2,14,15,19)/t10?,11-/m1/s1. The number of carboxylic acid groups (broad SMARTS) is 1. The zero-order valence-corrected chi connectivity index (χ0v) is 11.8. The molecule has 3 N–H and O–H groups in total. The molecule has 19 heavy (non-hydrogen) atoms. The van der Waals surface area contributed by atoms with E-state index < -0.39 is 12.0 Å². The number of piperidine rings is 1. The van der Waals surface area contributed by atoms with Crippen LogP contribution in [0.1, 0.15) is 39.0 Å². The fraction of sp³-hybridized carbons (Fsp3) is 0.846. The van der Waals surface area contributed by atoms with Gasteiger partial charge < -0.3 is 20.6 Å². The maximum absolute atomic E-state index is 11.7. The largest absolute Gasteiger partial charge is 0.480 e. The molecule has 0 aliphatic carbocycles. The summed E-state index contributed by atoms with van der Waals surface area (Å²) in [6, 6.07) is -0.831. The lowest BCUT2D eigenvalue weighted by atomic mass is 10.0. The molecule has 0 aromatic heterocycles. The van der Waals surface area contributed by atoms with Crippen LogP contribution in [0.3, 0.4) is 0 Å². The third kappa shape index (κ3) is 5.46. The number of nitrogens with one attached hydrogen (secondary N) is 2. The Hall–Kier alpha value is -1.30. The normalized spacial score (nSPS) is 21.7. The number of aliphatic carboxylic acids is 1. The van der Waals surface area contributed by atoms with Gasteiger partial charge in [-0.25, -0.2) is 9.59 Å². The minimum atomic E-state index is -0.980. The lowest BCUT2D eigenvalue weighted by Gasteiger charge is -2.32. The van der Waals surface area contributed by atoms with E-state index in [2.05, 4.69) is 22.6 Å². The molecule has 1 aliphatic heterocycles. The Balaban J connectivity index is 2.31. The van der Waals surface area contributed by atoms with Crippen LogP contribution in [0.25, 0.3) is 0 Å². The Kier molecular flexibility index (Phi) is 6.62. The third-order valence-electron chi connectivity index (χ3n) is 3.60. The monoisotopic (exact) mass is 271 g/mol. The fourth-order valence-electron chi connectivity index (χ4n) is 2.37. The van der Waals surface area contributed by atoms with Gasteiger partial charge in [-0.15, -0.1) is 0 Å². The number of likely N-dealkylation sites (tertiary alicyclic amines) is 1. The van der Waals surface area contributed by atoms with Gasteiger partial charge >= 0.3 is 12.0 Å². The van der Waals surface area contributed by atoms with Crippen molar-refractivity contribution in [1.82, 2.24) is 15.5 Å². The molecule has 6 nitrogen and oxygen atoms in total. The number of hydrogen-bond donors (Lipinski definition) is 3. The number of carbonyl (C=O) groups is 2. The number of urea groups is 1. The lowest BCUT2D eigenvalue weighted by molar-refractivity contribution is -0.139. The third-order valence-corrected chi connectivity index (χ3v) is 3.60. The number of carbonyl (C=O) groups excluding carboxylic acids is 1. The van der Waals surface area contributed by atoms with Crippen molar-refractivity contribution in [2.24, 2.45) is 0 Å². The minimum absolute atomic E-state index is 0.356. The van der Waals surface area contributed by atoms with E-state index in [1.807, 2.05) is 6.92 Å². The van der Waals surface area contributed by atoms with Crippen LogP contribution in [0.5, 0.6) is 0 Å². The first-order valence-corrected chi connectivity index (χ1v) is 7.02. The van der Waals surface area contributed by atoms with Crippen LogP contribution in [0.2, 0.25) is 0 Å². The first-order valence-electron chi connectivity index (χ1n) is 7.02. The Morgan fingerprint density at radius 3 is 2.74 bits per heavy atom. The number of rotatable bonds is 6. The van der Waals surface area contributed by atoms with Gasteiger partial charge in [0.1, 0.15) is 6.04 Å². The van der Waals surface area contributed by atoms with E-state index in [0.717, 1.165) is 19.4 Å². The van der Waals surface area contributed by atoms with Crippen molar-refractivity contribution in [1.29, 1.82) is 0 Å². The van der Waals surface area contributed by atoms with Crippen molar-refractivity contribution in [3.05, 3.63) is 0 Å².